The monoisotopic (exact) mass is 906 g/mol. The Balaban J connectivity index is 0.955. The molecule has 0 spiro atoms. The second-order valence-corrected chi connectivity index (χ2v) is 18.1. The van der Waals surface area contributed by atoms with Crippen LogP contribution in [0.25, 0.3) is 88.0 Å². The lowest BCUT2D eigenvalue weighted by molar-refractivity contribution is 0.669. The molecule has 1 heterocycles. The summed E-state index contributed by atoms with van der Waals surface area (Å²) in [7, 11) is 0. The molecule has 13 rings (SSSR count). The molecule has 13 aromatic rings. The highest BCUT2D eigenvalue weighted by molar-refractivity contribution is 6.11. The van der Waals surface area contributed by atoms with Gasteiger partial charge in [0.2, 0.25) is 0 Å². The number of fused-ring (bicyclic) bond motifs is 5. The van der Waals surface area contributed by atoms with Gasteiger partial charge in [-0.2, -0.15) is 0 Å². The molecule has 1 aromatic heterocycles. The molecule has 0 fully saturated rings. The van der Waals surface area contributed by atoms with Crippen LogP contribution in [0.4, 0.5) is 34.1 Å². The predicted octanol–water partition coefficient (Wildman–Crippen LogP) is 19.5. The Labute approximate surface area is 413 Å². The second-order valence-electron chi connectivity index (χ2n) is 18.1. The van der Waals surface area contributed by atoms with Gasteiger partial charge in [-0.1, -0.05) is 194 Å². The number of hydrogen-bond acceptors (Lipinski definition) is 3. The van der Waals surface area contributed by atoms with Gasteiger partial charge in [-0.3, -0.25) is 0 Å². The van der Waals surface area contributed by atoms with Gasteiger partial charge in [-0.05, 0) is 139 Å². The highest BCUT2D eigenvalue weighted by atomic mass is 16.3. The van der Waals surface area contributed by atoms with Crippen LogP contribution in [0.1, 0.15) is 0 Å². The summed E-state index contributed by atoms with van der Waals surface area (Å²) in [6, 6.07) is 100. The van der Waals surface area contributed by atoms with Crippen molar-refractivity contribution in [3.63, 3.8) is 0 Å². The Bertz CT molecular complexity index is 4040. The van der Waals surface area contributed by atoms with E-state index in [1.54, 1.807) is 0 Å². The molecule has 334 valence electrons. The highest BCUT2D eigenvalue weighted by Gasteiger charge is 2.21. The standard InChI is InChI=1S/C68H46N2O/c1-3-16-47(17-4-1)49-32-36-56(37-33-49)69(60-40-41-64-65-44-52-21-7-8-22-53(52)45-67(65)71-68(64)46-60)58-26-14-25-55(43-58)63-29-11-12-31-66(63)70(57-38-34-50(35-39-57)48-18-5-2-6-19-48)59-27-13-24-54(42-59)62-30-15-23-51-20-9-10-28-61(51)62/h1-46H. The van der Waals surface area contributed by atoms with E-state index in [4.69, 9.17) is 4.42 Å². The first kappa shape index (κ1) is 41.7. The van der Waals surface area contributed by atoms with E-state index in [0.717, 1.165) is 83.7 Å². The molecule has 0 saturated heterocycles. The van der Waals surface area contributed by atoms with Gasteiger partial charge in [-0.25, -0.2) is 0 Å². The molecular formula is C68H46N2O. The van der Waals surface area contributed by atoms with E-state index in [1.807, 2.05) is 0 Å². The normalized spacial score (nSPS) is 11.4. The summed E-state index contributed by atoms with van der Waals surface area (Å²) in [5.74, 6) is 0. The molecule has 0 aliphatic carbocycles. The molecule has 3 nitrogen and oxygen atoms in total. The average Bonchev–Trinajstić information content (AvgIpc) is 3.80. The maximum absolute atomic E-state index is 6.68. The Hall–Kier alpha value is -9.44. The van der Waals surface area contributed by atoms with Crippen LogP contribution in [-0.4, -0.2) is 0 Å². The van der Waals surface area contributed by atoms with Crippen molar-refractivity contribution in [3.05, 3.63) is 279 Å². The van der Waals surface area contributed by atoms with Gasteiger partial charge in [-0.15, -0.1) is 0 Å². The zero-order valence-electron chi connectivity index (χ0n) is 38.9. The van der Waals surface area contributed by atoms with E-state index in [9.17, 15) is 0 Å². The van der Waals surface area contributed by atoms with Crippen molar-refractivity contribution in [2.75, 3.05) is 9.80 Å². The molecule has 0 aliphatic rings. The fourth-order valence-electron chi connectivity index (χ4n) is 10.3. The lowest BCUT2D eigenvalue weighted by Crippen LogP contribution is -2.12. The summed E-state index contributed by atoms with van der Waals surface area (Å²) in [4.78, 5) is 4.75. The van der Waals surface area contributed by atoms with Crippen LogP contribution >= 0.6 is 0 Å². The average molecular weight is 907 g/mol. The lowest BCUT2D eigenvalue weighted by Gasteiger charge is -2.29. The Kier molecular flexibility index (Phi) is 10.5. The Morgan fingerprint density at radius 2 is 0.676 bits per heavy atom. The van der Waals surface area contributed by atoms with Crippen molar-refractivity contribution in [2.45, 2.75) is 0 Å². The summed E-state index contributed by atoms with van der Waals surface area (Å²) < 4.78 is 6.68. The molecule has 0 saturated carbocycles. The van der Waals surface area contributed by atoms with Crippen molar-refractivity contribution in [1.29, 1.82) is 0 Å². The summed E-state index contributed by atoms with van der Waals surface area (Å²) in [5, 5.41) is 7.03. The molecule has 0 aliphatic heterocycles. The van der Waals surface area contributed by atoms with Crippen molar-refractivity contribution in [1.82, 2.24) is 0 Å². The Morgan fingerprint density at radius 1 is 0.225 bits per heavy atom. The molecule has 0 amide bonds. The Morgan fingerprint density at radius 3 is 1.37 bits per heavy atom. The summed E-state index contributed by atoms with van der Waals surface area (Å²) in [5.41, 5.74) is 17.3. The van der Waals surface area contributed by atoms with Gasteiger partial charge < -0.3 is 14.2 Å². The van der Waals surface area contributed by atoms with Gasteiger partial charge in [0, 0.05) is 50.8 Å². The first-order valence-corrected chi connectivity index (χ1v) is 24.2. The van der Waals surface area contributed by atoms with Gasteiger partial charge >= 0.3 is 0 Å². The van der Waals surface area contributed by atoms with Crippen LogP contribution in [0, 0.1) is 0 Å². The predicted molar refractivity (Wildman–Crippen MR) is 300 cm³/mol. The van der Waals surface area contributed by atoms with Crippen LogP contribution < -0.4 is 9.80 Å². The third-order valence-electron chi connectivity index (χ3n) is 13.8. The van der Waals surface area contributed by atoms with E-state index >= 15 is 0 Å². The first-order chi connectivity index (χ1) is 35.2. The minimum absolute atomic E-state index is 0.847. The van der Waals surface area contributed by atoms with Crippen molar-refractivity contribution in [3.8, 4) is 44.5 Å². The molecule has 0 N–H and O–H groups in total. The number of anilines is 6. The van der Waals surface area contributed by atoms with Gasteiger partial charge in [0.15, 0.2) is 0 Å². The number of para-hydroxylation sites is 1. The zero-order valence-corrected chi connectivity index (χ0v) is 38.9. The van der Waals surface area contributed by atoms with Gasteiger partial charge in [0.05, 0.1) is 5.69 Å². The molecule has 0 unspecified atom stereocenters. The van der Waals surface area contributed by atoms with Crippen LogP contribution in [0.15, 0.2) is 283 Å². The largest absolute Gasteiger partial charge is 0.456 e. The summed E-state index contributed by atoms with van der Waals surface area (Å²) >= 11 is 0. The van der Waals surface area contributed by atoms with Crippen LogP contribution in [0.2, 0.25) is 0 Å². The number of hydrogen-bond donors (Lipinski definition) is 0. The maximum atomic E-state index is 6.68. The van der Waals surface area contributed by atoms with Crippen LogP contribution in [0.3, 0.4) is 0 Å². The van der Waals surface area contributed by atoms with E-state index in [-0.39, 0.29) is 0 Å². The van der Waals surface area contributed by atoms with Gasteiger partial charge in [0.25, 0.3) is 0 Å². The maximum Gasteiger partial charge on any atom is 0.137 e. The van der Waals surface area contributed by atoms with E-state index in [2.05, 4.69) is 289 Å². The first-order valence-electron chi connectivity index (χ1n) is 24.2. The second kappa shape index (κ2) is 17.9. The molecule has 0 bridgehead atoms. The zero-order chi connectivity index (χ0) is 47.1. The lowest BCUT2D eigenvalue weighted by atomic mass is 9.97. The molecule has 12 aromatic carbocycles. The van der Waals surface area contributed by atoms with E-state index < -0.39 is 0 Å². The van der Waals surface area contributed by atoms with Crippen molar-refractivity contribution < 1.29 is 4.42 Å². The minimum Gasteiger partial charge on any atom is -0.456 e. The van der Waals surface area contributed by atoms with E-state index in [1.165, 1.54) is 38.4 Å². The fourth-order valence-corrected chi connectivity index (χ4v) is 10.3. The molecule has 3 heteroatoms. The minimum atomic E-state index is 0.847. The van der Waals surface area contributed by atoms with Crippen LogP contribution in [0.5, 0.6) is 0 Å². The highest BCUT2D eigenvalue weighted by Crippen LogP contribution is 2.46. The van der Waals surface area contributed by atoms with Gasteiger partial charge in [0.1, 0.15) is 11.2 Å². The van der Waals surface area contributed by atoms with Crippen molar-refractivity contribution in [2.24, 2.45) is 0 Å². The number of furan rings is 1. The third-order valence-corrected chi connectivity index (χ3v) is 13.8. The number of benzene rings is 12. The SMILES string of the molecule is c1ccc(-c2ccc(N(c3cccc(-c4ccccc4N(c4ccc(-c5ccccc5)cc4)c4cccc(-c5cccc6ccccc56)c4)c3)c3ccc4c(c3)oc3cc5ccccc5cc34)cc2)cc1. The third kappa shape index (κ3) is 7.86. The summed E-state index contributed by atoms with van der Waals surface area (Å²) in [6.45, 7) is 0. The number of nitrogens with zero attached hydrogens (tertiary/aromatic N) is 2. The molecular weight excluding hydrogens is 861 g/mol. The quantitative estimate of drug-likeness (QED) is 0.136. The van der Waals surface area contributed by atoms with Crippen LogP contribution in [-0.2, 0) is 0 Å². The molecule has 0 radical (unpaired) electrons. The summed E-state index contributed by atoms with van der Waals surface area (Å²) in [6.07, 6.45) is 0. The molecule has 0 atom stereocenters. The fraction of sp³-hybridized carbons (Fsp3) is 0. The van der Waals surface area contributed by atoms with Crippen molar-refractivity contribution >= 4 is 77.6 Å². The smallest absolute Gasteiger partial charge is 0.137 e. The number of rotatable bonds is 10. The van der Waals surface area contributed by atoms with E-state index in [0.29, 0.717) is 0 Å². The topological polar surface area (TPSA) is 19.6 Å². The molecule has 71 heavy (non-hydrogen) atoms.